The van der Waals surface area contributed by atoms with Gasteiger partial charge in [0.2, 0.25) is 5.91 Å². The molecule has 0 aliphatic heterocycles. The van der Waals surface area contributed by atoms with Crippen molar-refractivity contribution >= 4 is 21.8 Å². The molecule has 0 radical (unpaired) electrons. The molecular weight excluding hydrogens is 289 g/mol. The van der Waals surface area contributed by atoms with E-state index in [0.717, 1.165) is 5.56 Å². The third kappa shape index (κ3) is 4.19. The minimum absolute atomic E-state index is 0.0983. The van der Waals surface area contributed by atoms with Gasteiger partial charge in [-0.05, 0) is 33.6 Å². The molecule has 0 aliphatic carbocycles. The molecule has 92 valence electrons. The van der Waals surface area contributed by atoms with Crippen LogP contribution in [0.2, 0.25) is 0 Å². The number of hydrogen-bond donors (Lipinski definition) is 1. The summed E-state index contributed by atoms with van der Waals surface area (Å²) in [4.78, 5) is 13.0. The van der Waals surface area contributed by atoms with Gasteiger partial charge in [-0.25, -0.2) is 4.39 Å². The Morgan fingerprint density at radius 2 is 2.24 bits per heavy atom. The van der Waals surface area contributed by atoms with Crippen molar-refractivity contribution in [3.8, 4) is 0 Å². The van der Waals surface area contributed by atoms with Crippen molar-refractivity contribution in [3.63, 3.8) is 0 Å². The molecule has 0 unspecified atom stereocenters. The Morgan fingerprint density at radius 3 is 2.76 bits per heavy atom. The van der Waals surface area contributed by atoms with Crippen LogP contribution in [-0.2, 0) is 11.3 Å². The average Bonchev–Trinajstić information content (AvgIpc) is 2.22. The van der Waals surface area contributed by atoms with Gasteiger partial charge in [0.05, 0.1) is 16.7 Å². The minimum Gasteiger partial charge on any atom is -0.512 e. The molecule has 3 nitrogen and oxygen atoms in total. The van der Waals surface area contributed by atoms with Crippen molar-refractivity contribution in [2.24, 2.45) is 0 Å². The summed E-state index contributed by atoms with van der Waals surface area (Å²) in [6.07, 6.45) is -0.0983. The number of hydrogen-bond acceptors (Lipinski definition) is 2. The van der Waals surface area contributed by atoms with E-state index in [0.29, 0.717) is 11.0 Å². The van der Waals surface area contributed by atoms with E-state index < -0.39 is 0 Å². The number of rotatable bonds is 4. The highest BCUT2D eigenvalue weighted by Gasteiger charge is 2.11. The fraction of sp³-hybridized carbons (Fsp3) is 0.250. The van der Waals surface area contributed by atoms with Crippen molar-refractivity contribution in [1.82, 2.24) is 4.90 Å². The van der Waals surface area contributed by atoms with Crippen molar-refractivity contribution in [3.05, 3.63) is 46.4 Å². The molecule has 1 amide bonds. The Hall–Kier alpha value is -1.36. The second kappa shape index (κ2) is 5.82. The van der Waals surface area contributed by atoms with Crippen LogP contribution in [0.3, 0.4) is 0 Å². The summed E-state index contributed by atoms with van der Waals surface area (Å²) in [7, 11) is 1.61. The van der Waals surface area contributed by atoms with Crippen molar-refractivity contribution in [2.75, 3.05) is 7.05 Å². The molecular formula is C12H13BrFNO2. The smallest absolute Gasteiger partial charge is 0.230 e. The molecule has 0 spiro atoms. The lowest BCUT2D eigenvalue weighted by atomic mass is 10.2. The van der Waals surface area contributed by atoms with Gasteiger partial charge in [0.1, 0.15) is 5.82 Å². The average molecular weight is 302 g/mol. The highest BCUT2D eigenvalue weighted by atomic mass is 79.9. The van der Waals surface area contributed by atoms with Crippen molar-refractivity contribution in [2.45, 2.75) is 13.0 Å². The lowest BCUT2D eigenvalue weighted by Gasteiger charge is -2.17. The van der Waals surface area contributed by atoms with Crippen LogP contribution in [-0.4, -0.2) is 23.0 Å². The van der Waals surface area contributed by atoms with Crippen LogP contribution in [0.4, 0.5) is 4.39 Å². The number of carbonyl (C=O) groups is 1. The molecule has 0 heterocycles. The molecule has 0 atom stereocenters. The standard InChI is InChI=1S/C12H13BrFNO2/c1-8(16)5-12(17)15(2)7-9-3-4-11(14)10(13)6-9/h3-4,6,16H,1,5,7H2,2H3. The van der Waals surface area contributed by atoms with Crippen LogP contribution in [0.15, 0.2) is 35.0 Å². The summed E-state index contributed by atoms with van der Waals surface area (Å²) >= 11 is 3.08. The van der Waals surface area contributed by atoms with Crippen molar-refractivity contribution in [1.29, 1.82) is 0 Å². The minimum atomic E-state index is -0.341. The first-order valence-electron chi connectivity index (χ1n) is 4.94. The van der Waals surface area contributed by atoms with Gasteiger partial charge in [0.25, 0.3) is 0 Å². The monoisotopic (exact) mass is 301 g/mol. The van der Waals surface area contributed by atoms with Crippen LogP contribution in [0.5, 0.6) is 0 Å². The van der Waals surface area contributed by atoms with Crippen LogP contribution in [0.25, 0.3) is 0 Å². The Balaban J connectivity index is 2.67. The molecule has 0 bridgehead atoms. The zero-order chi connectivity index (χ0) is 13.0. The number of nitrogens with zero attached hydrogens (tertiary/aromatic N) is 1. The van der Waals surface area contributed by atoms with Crippen LogP contribution < -0.4 is 0 Å². The van der Waals surface area contributed by atoms with E-state index in [1.54, 1.807) is 19.2 Å². The zero-order valence-corrected chi connectivity index (χ0v) is 11.0. The van der Waals surface area contributed by atoms with Crippen LogP contribution in [0.1, 0.15) is 12.0 Å². The Bertz CT molecular complexity index is 448. The highest BCUT2D eigenvalue weighted by molar-refractivity contribution is 9.10. The summed E-state index contributed by atoms with van der Waals surface area (Å²) in [5.74, 6) is -0.744. The van der Waals surface area contributed by atoms with Gasteiger partial charge in [-0.3, -0.25) is 4.79 Å². The normalized spacial score (nSPS) is 10.1. The fourth-order valence-corrected chi connectivity index (χ4v) is 1.74. The number of benzene rings is 1. The van der Waals surface area contributed by atoms with Gasteiger partial charge in [0, 0.05) is 13.6 Å². The molecule has 1 N–H and O–H groups in total. The molecule has 5 heteroatoms. The van der Waals surface area contributed by atoms with Crippen LogP contribution >= 0.6 is 15.9 Å². The largest absolute Gasteiger partial charge is 0.512 e. The van der Waals surface area contributed by atoms with Gasteiger partial charge >= 0.3 is 0 Å². The molecule has 0 saturated heterocycles. The summed E-state index contributed by atoms with van der Waals surface area (Å²) in [6, 6.07) is 4.56. The maximum absolute atomic E-state index is 13.0. The molecule has 0 saturated carbocycles. The van der Waals surface area contributed by atoms with Crippen LogP contribution in [0, 0.1) is 5.82 Å². The maximum atomic E-state index is 13.0. The Labute approximate surface area is 108 Å². The lowest BCUT2D eigenvalue weighted by Crippen LogP contribution is -2.26. The summed E-state index contributed by atoms with van der Waals surface area (Å²) < 4.78 is 13.4. The molecule has 0 aromatic heterocycles. The van der Waals surface area contributed by atoms with E-state index in [9.17, 15) is 9.18 Å². The van der Waals surface area contributed by atoms with Gasteiger partial charge in [-0.1, -0.05) is 12.6 Å². The number of halogens is 2. The predicted molar refractivity (Wildman–Crippen MR) is 67.0 cm³/mol. The van der Waals surface area contributed by atoms with Crippen molar-refractivity contribution < 1.29 is 14.3 Å². The molecule has 0 aliphatic rings. The summed E-state index contributed by atoms with van der Waals surface area (Å²) in [6.45, 7) is 3.61. The Morgan fingerprint density at radius 1 is 1.59 bits per heavy atom. The third-order valence-corrected chi connectivity index (χ3v) is 2.79. The lowest BCUT2D eigenvalue weighted by molar-refractivity contribution is -0.130. The SMILES string of the molecule is C=C(O)CC(=O)N(C)Cc1ccc(F)c(Br)c1. The second-order valence-electron chi connectivity index (χ2n) is 3.74. The molecule has 17 heavy (non-hydrogen) atoms. The first-order valence-corrected chi connectivity index (χ1v) is 5.74. The van der Waals surface area contributed by atoms with Gasteiger partial charge in [0.15, 0.2) is 0 Å². The fourth-order valence-electron chi connectivity index (χ4n) is 1.31. The molecule has 1 aromatic carbocycles. The van der Waals surface area contributed by atoms with E-state index in [4.69, 9.17) is 5.11 Å². The van der Waals surface area contributed by atoms with Gasteiger partial charge < -0.3 is 10.0 Å². The number of amides is 1. The van der Waals surface area contributed by atoms with Gasteiger partial charge in [-0.15, -0.1) is 0 Å². The number of aliphatic hydroxyl groups is 1. The first kappa shape index (κ1) is 13.7. The summed E-state index contributed by atoms with van der Waals surface area (Å²) in [5, 5.41) is 8.92. The number of aliphatic hydroxyl groups excluding tert-OH is 1. The van der Waals surface area contributed by atoms with E-state index in [1.165, 1.54) is 11.0 Å². The maximum Gasteiger partial charge on any atom is 0.230 e. The zero-order valence-electron chi connectivity index (χ0n) is 9.41. The quantitative estimate of drug-likeness (QED) is 0.869. The van der Waals surface area contributed by atoms with E-state index in [2.05, 4.69) is 22.5 Å². The van der Waals surface area contributed by atoms with E-state index in [1.807, 2.05) is 0 Å². The third-order valence-electron chi connectivity index (χ3n) is 2.18. The molecule has 1 aromatic rings. The first-order chi connectivity index (χ1) is 7.90. The highest BCUT2D eigenvalue weighted by Crippen LogP contribution is 2.18. The number of carbonyl (C=O) groups excluding carboxylic acids is 1. The topological polar surface area (TPSA) is 40.5 Å². The predicted octanol–water partition coefficient (Wildman–Crippen LogP) is 3.01. The Kier molecular flexibility index (Phi) is 4.69. The second-order valence-corrected chi connectivity index (χ2v) is 4.60. The summed E-state index contributed by atoms with van der Waals surface area (Å²) in [5.41, 5.74) is 0.803. The van der Waals surface area contributed by atoms with E-state index in [-0.39, 0.29) is 23.9 Å². The molecule has 1 rings (SSSR count). The molecule has 0 fully saturated rings. The van der Waals surface area contributed by atoms with E-state index >= 15 is 0 Å². The van der Waals surface area contributed by atoms with Gasteiger partial charge in [-0.2, -0.15) is 0 Å².